The molecule has 1 aliphatic rings. The third-order valence-electron chi connectivity index (χ3n) is 4.36. The van der Waals surface area contributed by atoms with E-state index in [9.17, 15) is 0 Å². The number of nitrogens with one attached hydrogen (secondary N) is 2. The number of hydrogen-bond acceptors (Lipinski definition) is 2. The van der Waals surface area contributed by atoms with Gasteiger partial charge in [0, 0.05) is 40.3 Å². The molecule has 1 fully saturated rings. The summed E-state index contributed by atoms with van der Waals surface area (Å²) in [5.41, 5.74) is 2.77. The minimum absolute atomic E-state index is 0. The zero-order chi connectivity index (χ0) is 15.9. The normalized spacial score (nSPS) is 22.3. The van der Waals surface area contributed by atoms with Gasteiger partial charge in [0.2, 0.25) is 0 Å². The van der Waals surface area contributed by atoms with Crippen molar-refractivity contribution in [2.45, 2.75) is 33.4 Å². The standard InChI is InChI=1S/C18H30N4.HI/c1-14-9-15(2)12-22(11-14)13-17-8-6-5-7-16(17)10-21-18(19-3)20-4;/h5-8,14-15H,9-13H2,1-4H3,(H2,19,20,21);1H. The molecule has 0 spiro atoms. The first kappa shape index (κ1) is 20.2. The lowest BCUT2D eigenvalue weighted by atomic mass is 9.91. The lowest BCUT2D eigenvalue weighted by molar-refractivity contribution is 0.134. The predicted octanol–water partition coefficient (Wildman–Crippen LogP) is 3.08. The van der Waals surface area contributed by atoms with E-state index in [2.05, 4.69) is 58.6 Å². The molecule has 23 heavy (non-hydrogen) atoms. The molecule has 0 bridgehead atoms. The van der Waals surface area contributed by atoms with Crippen LogP contribution in [-0.2, 0) is 13.1 Å². The molecule has 1 heterocycles. The fraction of sp³-hybridized carbons (Fsp3) is 0.611. The molecule has 0 aliphatic carbocycles. The molecule has 1 saturated heterocycles. The van der Waals surface area contributed by atoms with Crippen molar-refractivity contribution in [2.75, 3.05) is 27.2 Å². The molecule has 2 atom stereocenters. The molecule has 1 aromatic rings. The molecule has 1 aliphatic heterocycles. The van der Waals surface area contributed by atoms with Crippen LogP contribution < -0.4 is 10.6 Å². The summed E-state index contributed by atoms with van der Waals surface area (Å²) in [7, 11) is 3.68. The highest BCUT2D eigenvalue weighted by atomic mass is 127. The second kappa shape index (κ2) is 10.1. The van der Waals surface area contributed by atoms with Gasteiger partial charge in [-0.15, -0.1) is 24.0 Å². The summed E-state index contributed by atoms with van der Waals surface area (Å²) < 4.78 is 0. The van der Waals surface area contributed by atoms with Crippen molar-refractivity contribution in [3.05, 3.63) is 35.4 Å². The van der Waals surface area contributed by atoms with Crippen LogP contribution in [0.1, 0.15) is 31.4 Å². The molecule has 2 unspecified atom stereocenters. The van der Waals surface area contributed by atoms with Crippen LogP contribution in [0.4, 0.5) is 0 Å². The number of halogens is 1. The van der Waals surface area contributed by atoms with Gasteiger partial charge in [0.15, 0.2) is 5.96 Å². The first-order valence-corrected chi connectivity index (χ1v) is 8.30. The summed E-state index contributed by atoms with van der Waals surface area (Å²) in [6, 6.07) is 8.72. The van der Waals surface area contributed by atoms with E-state index in [1.54, 1.807) is 7.05 Å². The van der Waals surface area contributed by atoms with Gasteiger partial charge < -0.3 is 10.6 Å². The summed E-state index contributed by atoms with van der Waals surface area (Å²) in [5.74, 6) is 2.43. The molecule has 0 saturated carbocycles. The maximum absolute atomic E-state index is 4.17. The Kier molecular flexibility index (Phi) is 8.91. The largest absolute Gasteiger partial charge is 0.359 e. The summed E-state index contributed by atoms with van der Waals surface area (Å²) in [6.45, 7) is 9.02. The van der Waals surface area contributed by atoms with Crippen LogP contribution in [0.5, 0.6) is 0 Å². The molecule has 2 N–H and O–H groups in total. The van der Waals surface area contributed by atoms with Crippen LogP contribution in [0.15, 0.2) is 29.3 Å². The maximum atomic E-state index is 4.17. The third-order valence-corrected chi connectivity index (χ3v) is 4.36. The number of rotatable bonds is 4. The van der Waals surface area contributed by atoms with Crippen LogP contribution in [-0.4, -0.2) is 38.0 Å². The highest BCUT2D eigenvalue weighted by molar-refractivity contribution is 14.0. The molecule has 0 aromatic heterocycles. The Morgan fingerprint density at radius 3 is 2.35 bits per heavy atom. The topological polar surface area (TPSA) is 39.7 Å². The molecule has 5 heteroatoms. The Labute approximate surface area is 158 Å². The molecule has 0 radical (unpaired) electrons. The van der Waals surface area contributed by atoms with Gasteiger partial charge in [-0.3, -0.25) is 9.89 Å². The van der Waals surface area contributed by atoms with Crippen LogP contribution in [0.2, 0.25) is 0 Å². The number of guanidine groups is 1. The smallest absolute Gasteiger partial charge is 0.190 e. The van der Waals surface area contributed by atoms with E-state index < -0.39 is 0 Å². The van der Waals surface area contributed by atoms with Crippen molar-refractivity contribution >= 4 is 29.9 Å². The minimum atomic E-state index is 0. The van der Waals surface area contributed by atoms with E-state index >= 15 is 0 Å². The van der Waals surface area contributed by atoms with Crippen LogP contribution >= 0.6 is 24.0 Å². The highest BCUT2D eigenvalue weighted by Gasteiger charge is 2.22. The fourth-order valence-electron chi connectivity index (χ4n) is 3.50. The van der Waals surface area contributed by atoms with Crippen molar-refractivity contribution in [3.63, 3.8) is 0 Å². The second-order valence-corrected chi connectivity index (χ2v) is 6.58. The van der Waals surface area contributed by atoms with Gasteiger partial charge in [-0.25, -0.2) is 0 Å². The number of benzene rings is 1. The van der Waals surface area contributed by atoms with E-state index in [0.717, 1.165) is 30.9 Å². The van der Waals surface area contributed by atoms with Crippen LogP contribution in [0.25, 0.3) is 0 Å². The molecule has 4 nitrogen and oxygen atoms in total. The number of nitrogens with zero attached hydrogens (tertiary/aromatic N) is 2. The fourth-order valence-corrected chi connectivity index (χ4v) is 3.50. The van der Waals surface area contributed by atoms with Crippen molar-refractivity contribution in [1.29, 1.82) is 0 Å². The van der Waals surface area contributed by atoms with Crippen molar-refractivity contribution in [3.8, 4) is 0 Å². The SMILES string of the molecule is CN=C(NC)NCc1ccccc1CN1CC(C)CC(C)C1.I. The minimum Gasteiger partial charge on any atom is -0.359 e. The second-order valence-electron chi connectivity index (χ2n) is 6.58. The first-order valence-electron chi connectivity index (χ1n) is 8.30. The molecule has 130 valence electrons. The monoisotopic (exact) mass is 430 g/mol. The average molecular weight is 430 g/mol. The van der Waals surface area contributed by atoms with Gasteiger partial charge >= 0.3 is 0 Å². The molecular weight excluding hydrogens is 399 g/mol. The molecule has 1 aromatic carbocycles. The number of aliphatic imine (C=N–C) groups is 1. The maximum Gasteiger partial charge on any atom is 0.190 e. The Morgan fingerprint density at radius 1 is 1.17 bits per heavy atom. The summed E-state index contributed by atoms with van der Waals surface area (Å²) in [4.78, 5) is 6.77. The van der Waals surface area contributed by atoms with E-state index in [4.69, 9.17) is 0 Å². The van der Waals surface area contributed by atoms with Gasteiger partial charge in [0.25, 0.3) is 0 Å². The Morgan fingerprint density at radius 2 is 1.78 bits per heavy atom. The number of piperidine rings is 1. The lowest BCUT2D eigenvalue weighted by Gasteiger charge is -2.35. The van der Waals surface area contributed by atoms with Crippen molar-refractivity contribution < 1.29 is 0 Å². The number of hydrogen-bond donors (Lipinski definition) is 2. The van der Waals surface area contributed by atoms with Gasteiger partial charge in [-0.1, -0.05) is 38.1 Å². The van der Waals surface area contributed by atoms with Crippen molar-refractivity contribution in [1.82, 2.24) is 15.5 Å². The summed E-state index contributed by atoms with van der Waals surface area (Å²) >= 11 is 0. The quantitative estimate of drug-likeness (QED) is 0.438. The Bertz CT molecular complexity index is 494. The average Bonchev–Trinajstić information content (AvgIpc) is 2.49. The Hall–Kier alpha value is -0.820. The lowest BCUT2D eigenvalue weighted by Crippen LogP contribution is -2.38. The first-order chi connectivity index (χ1) is 10.6. The third kappa shape index (κ3) is 6.30. The van der Waals surface area contributed by atoms with Gasteiger partial charge in [-0.2, -0.15) is 0 Å². The predicted molar refractivity (Wildman–Crippen MR) is 109 cm³/mol. The van der Waals surface area contributed by atoms with Gasteiger partial charge in [0.1, 0.15) is 0 Å². The van der Waals surface area contributed by atoms with Crippen molar-refractivity contribution in [2.24, 2.45) is 16.8 Å². The summed E-state index contributed by atoms with van der Waals surface area (Å²) in [5, 5.41) is 6.41. The summed E-state index contributed by atoms with van der Waals surface area (Å²) in [6.07, 6.45) is 1.36. The zero-order valence-corrected chi connectivity index (χ0v) is 17.1. The van der Waals surface area contributed by atoms with E-state index in [1.165, 1.54) is 30.6 Å². The van der Waals surface area contributed by atoms with Gasteiger partial charge in [-0.05, 0) is 29.4 Å². The molecule has 2 rings (SSSR count). The molecule has 0 amide bonds. The van der Waals surface area contributed by atoms with Crippen LogP contribution in [0.3, 0.4) is 0 Å². The Balaban J connectivity index is 0.00000264. The van der Waals surface area contributed by atoms with Crippen LogP contribution in [0, 0.1) is 11.8 Å². The van der Waals surface area contributed by atoms with E-state index in [-0.39, 0.29) is 24.0 Å². The molecular formula is C18H31IN4. The highest BCUT2D eigenvalue weighted by Crippen LogP contribution is 2.23. The van der Waals surface area contributed by atoms with E-state index in [0.29, 0.717) is 0 Å². The van der Waals surface area contributed by atoms with Gasteiger partial charge in [0.05, 0.1) is 0 Å². The van der Waals surface area contributed by atoms with E-state index in [1.807, 2.05) is 7.05 Å². The number of likely N-dealkylation sites (tertiary alicyclic amines) is 1. The zero-order valence-electron chi connectivity index (χ0n) is 14.8.